The van der Waals surface area contributed by atoms with Gasteiger partial charge in [0.05, 0.1) is 27.4 Å². The minimum absolute atomic E-state index is 0.0223. The van der Waals surface area contributed by atoms with Crippen LogP contribution in [0.25, 0.3) is 0 Å². The maximum atomic E-state index is 13.0. The van der Waals surface area contributed by atoms with Crippen LogP contribution < -0.4 is 5.32 Å². The van der Waals surface area contributed by atoms with Crippen molar-refractivity contribution < 1.29 is 35.9 Å². The summed E-state index contributed by atoms with van der Waals surface area (Å²) in [7, 11) is 1.17. The van der Waals surface area contributed by atoms with Crippen LogP contribution in [0.15, 0.2) is 36.5 Å². The van der Waals surface area contributed by atoms with Crippen molar-refractivity contribution in [1.29, 1.82) is 0 Å². The summed E-state index contributed by atoms with van der Waals surface area (Å²) in [5.74, 6) is -1.07. The van der Waals surface area contributed by atoms with Crippen LogP contribution in [-0.4, -0.2) is 24.2 Å². The molecule has 1 heterocycles. The Balaban J connectivity index is 2.19. The molecule has 0 bridgehead atoms. The molecule has 0 aliphatic rings. The Bertz CT molecular complexity index is 854. The number of benzene rings is 1. The van der Waals surface area contributed by atoms with E-state index in [2.05, 4.69) is 10.3 Å². The van der Waals surface area contributed by atoms with Gasteiger partial charge in [-0.2, -0.15) is 26.3 Å². The van der Waals surface area contributed by atoms with Gasteiger partial charge in [-0.25, -0.2) is 0 Å². The van der Waals surface area contributed by atoms with Crippen molar-refractivity contribution in [2.45, 2.75) is 25.0 Å². The van der Waals surface area contributed by atoms with Crippen LogP contribution in [-0.2, 0) is 23.5 Å². The molecule has 1 N–H and O–H groups in total. The molecule has 0 aliphatic carbocycles. The van der Waals surface area contributed by atoms with E-state index in [9.17, 15) is 31.1 Å². The lowest BCUT2D eigenvalue weighted by molar-refractivity contribution is -0.138. The van der Waals surface area contributed by atoms with Gasteiger partial charge in [-0.1, -0.05) is 23.7 Å². The maximum Gasteiger partial charge on any atom is 0.417 e. The molecule has 0 radical (unpaired) electrons. The second-order valence-corrected chi connectivity index (χ2v) is 6.00. The van der Waals surface area contributed by atoms with Gasteiger partial charge in [0.1, 0.15) is 6.23 Å². The van der Waals surface area contributed by atoms with Gasteiger partial charge in [0, 0.05) is 19.7 Å². The van der Waals surface area contributed by atoms with Gasteiger partial charge in [0.2, 0.25) is 0 Å². The molecule has 1 unspecified atom stereocenters. The van der Waals surface area contributed by atoms with E-state index in [4.69, 9.17) is 16.3 Å². The molecule has 152 valence electrons. The summed E-state index contributed by atoms with van der Waals surface area (Å²) in [6.45, 7) is 0. The van der Waals surface area contributed by atoms with Gasteiger partial charge in [-0.15, -0.1) is 0 Å². The van der Waals surface area contributed by atoms with Gasteiger partial charge in [-0.05, 0) is 18.2 Å². The second-order valence-electron chi connectivity index (χ2n) is 5.60. The van der Waals surface area contributed by atoms with E-state index in [1.807, 2.05) is 0 Å². The number of alkyl halides is 6. The van der Waals surface area contributed by atoms with Crippen LogP contribution in [0.1, 0.15) is 27.2 Å². The Labute approximate surface area is 160 Å². The average Bonchev–Trinajstić information content (AvgIpc) is 2.60. The van der Waals surface area contributed by atoms with Gasteiger partial charge >= 0.3 is 12.4 Å². The summed E-state index contributed by atoms with van der Waals surface area (Å²) < 4.78 is 82.0. The molecule has 1 atom stereocenters. The summed E-state index contributed by atoms with van der Waals surface area (Å²) in [4.78, 5) is 15.9. The Morgan fingerprint density at radius 2 is 1.82 bits per heavy atom. The lowest BCUT2D eigenvalue weighted by Crippen LogP contribution is -2.39. The van der Waals surface area contributed by atoms with Crippen LogP contribution in [0.5, 0.6) is 0 Å². The molecule has 0 saturated heterocycles. The number of amides is 1. The third kappa shape index (κ3) is 5.35. The first-order valence-electron chi connectivity index (χ1n) is 7.65. The molecule has 0 spiro atoms. The number of ether oxygens (including phenoxy) is 1. The predicted octanol–water partition coefficient (Wildman–Crippen LogP) is 4.72. The highest BCUT2D eigenvalue weighted by atomic mass is 35.5. The van der Waals surface area contributed by atoms with Crippen molar-refractivity contribution in [1.82, 2.24) is 10.3 Å². The topological polar surface area (TPSA) is 51.2 Å². The number of nitrogens with zero attached hydrogens (tertiary/aromatic N) is 1. The fraction of sp³-hybridized carbons (Fsp3) is 0.294. The number of methoxy groups -OCH3 is 1. The maximum absolute atomic E-state index is 13.0. The number of aromatic nitrogens is 1. The first-order valence-corrected chi connectivity index (χ1v) is 8.02. The highest BCUT2D eigenvalue weighted by Crippen LogP contribution is 2.32. The molecule has 0 fully saturated rings. The number of nitrogens with one attached hydrogen (secondary N) is 1. The second kappa shape index (κ2) is 8.36. The highest BCUT2D eigenvalue weighted by molar-refractivity contribution is 6.31. The third-order valence-corrected chi connectivity index (χ3v) is 4.00. The molecule has 0 aliphatic heterocycles. The number of carbonyl (C=O) groups is 1. The van der Waals surface area contributed by atoms with Crippen molar-refractivity contribution in [3.63, 3.8) is 0 Å². The number of carbonyl (C=O) groups excluding carboxylic acids is 1. The largest absolute Gasteiger partial charge is 0.417 e. The van der Waals surface area contributed by atoms with Gasteiger partial charge in [-0.3, -0.25) is 9.78 Å². The normalized spacial score (nSPS) is 13.3. The molecule has 1 amide bonds. The molecule has 1 aromatic heterocycles. The summed E-state index contributed by atoms with van der Waals surface area (Å²) >= 11 is 5.80. The van der Waals surface area contributed by atoms with Crippen LogP contribution >= 0.6 is 11.6 Å². The summed E-state index contributed by atoms with van der Waals surface area (Å²) in [6, 6.07) is 4.82. The summed E-state index contributed by atoms with van der Waals surface area (Å²) in [6.07, 6.45) is -10.2. The molecule has 1 aromatic carbocycles. The number of hydrogen-bond acceptors (Lipinski definition) is 3. The van der Waals surface area contributed by atoms with E-state index in [0.29, 0.717) is 12.3 Å². The Morgan fingerprint density at radius 1 is 1.18 bits per heavy atom. The minimum atomic E-state index is -4.74. The fourth-order valence-electron chi connectivity index (χ4n) is 2.29. The average molecular weight is 427 g/mol. The molecule has 28 heavy (non-hydrogen) atoms. The van der Waals surface area contributed by atoms with E-state index in [1.165, 1.54) is 13.2 Å². The van der Waals surface area contributed by atoms with Crippen LogP contribution in [0.4, 0.5) is 26.3 Å². The van der Waals surface area contributed by atoms with E-state index < -0.39 is 41.2 Å². The Kier molecular flexibility index (Phi) is 6.56. The highest BCUT2D eigenvalue weighted by Gasteiger charge is 2.35. The number of pyridine rings is 1. The smallest absolute Gasteiger partial charge is 0.361 e. The SMILES string of the molecule is COC(Cc1ncc(C(F)(F)F)cc1Cl)NC(=O)c1ccccc1C(F)(F)F. The quantitative estimate of drug-likeness (QED) is 0.556. The molecular formula is C17H13ClF6N2O2. The number of rotatable bonds is 5. The van der Waals surface area contributed by atoms with Crippen LogP contribution in [0.2, 0.25) is 5.02 Å². The van der Waals surface area contributed by atoms with Crippen molar-refractivity contribution >= 4 is 17.5 Å². The lowest BCUT2D eigenvalue weighted by Gasteiger charge is -2.19. The molecular weight excluding hydrogens is 414 g/mol. The van der Waals surface area contributed by atoms with Gasteiger partial charge in [0.15, 0.2) is 0 Å². The van der Waals surface area contributed by atoms with Crippen molar-refractivity contribution in [3.8, 4) is 0 Å². The molecule has 11 heteroatoms. The summed E-state index contributed by atoms with van der Waals surface area (Å²) in [5, 5.41) is 1.92. The fourth-order valence-corrected chi connectivity index (χ4v) is 2.54. The Morgan fingerprint density at radius 3 is 2.36 bits per heavy atom. The molecule has 2 rings (SSSR count). The van der Waals surface area contributed by atoms with Crippen LogP contribution in [0, 0.1) is 0 Å². The lowest BCUT2D eigenvalue weighted by atomic mass is 10.1. The van der Waals surface area contributed by atoms with Gasteiger partial charge in [0.25, 0.3) is 5.91 Å². The van der Waals surface area contributed by atoms with Gasteiger partial charge < -0.3 is 10.1 Å². The van der Waals surface area contributed by atoms with E-state index in [0.717, 1.165) is 18.2 Å². The molecule has 0 saturated carbocycles. The van der Waals surface area contributed by atoms with E-state index in [1.54, 1.807) is 0 Å². The predicted molar refractivity (Wildman–Crippen MR) is 87.7 cm³/mol. The third-order valence-electron chi connectivity index (χ3n) is 3.68. The monoisotopic (exact) mass is 426 g/mol. The zero-order chi connectivity index (χ0) is 21.1. The molecule has 2 aromatic rings. The minimum Gasteiger partial charge on any atom is -0.361 e. The standard InChI is InChI=1S/C17H13ClF6N2O2/c1-28-14(7-13-12(18)6-9(8-25-13)16(19,20)21)26-15(27)10-4-2-3-5-11(10)17(22,23)24/h2-6,8,14H,7H2,1H3,(H,26,27). The first-order chi connectivity index (χ1) is 12.9. The van der Waals surface area contributed by atoms with E-state index >= 15 is 0 Å². The number of halogens is 7. The zero-order valence-electron chi connectivity index (χ0n) is 14.2. The Hall–Kier alpha value is -2.33. The molecule has 4 nitrogen and oxygen atoms in total. The first kappa shape index (κ1) is 22.0. The number of hydrogen-bond donors (Lipinski definition) is 1. The van der Waals surface area contributed by atoms with Crippen LogP contribution in [0.3, 0.4) is 0 Å². The van der Waals surface area contributed by atoms with Crippen molar-refractivity contribution in [3.05, 3.63) is 63.9 Å². The summed E-state index contributed by atoms with van der Waals surface area (Å²) in [5.41, 5.74) is -2.83. The zero-order valence-corrected chi connectivity index (χ0v) is 14.9. The van der Waals surface area contributed by atoms with Crippen molar-refractivity contribution in [2.75, 3.05) is 7.11 Å². The van der Waals surface area contributed by atoms with E-state index in [-0.39, 0.29) is 17.1 Å². The van der Waals surface area contributed by atoms with Crippen molar-refractivity contribution in [2.24, 2.45) is 0 Å².